The molecule has 1 aliphatic heterocycles. The molecule has 2 aromatic heterocycles. The van der Waals surface area contributed by atoms with Crippen molar-refractivity contribution in [1.82, 2.24) is 15.5 Å². The lowest BCUT2D eigenvalue weighted by Crippen LogP contribution is -2.28. The normalized spacial score (nSPS) is 24.4. The van der Waals surface area contributed by atoms with Crippen molar-refractivity contribution < 1.29 is 9.63 Å². The minimum absolute atomic E-state index is 0.308. The molecule has 17 heavy (non-hydrogen) atoms. The largest absolute Gasteiger partial charge is 0.379 e. The molecule has 0 bridgehead atoms. The second-order valence-corrected chi connectivity index (χ2v) is 5.09. The molecule has 0 aromatic carbocycles. The fourth-order valence-corrected chi connectivity index (χ4v) is 2.80. The van der Waals surface area contributed by atoms with E-state index < -0.39 is 5.60 Å². The molecule has 3 heterocycles. The summed E-state index contributed by atoms with van der Waals surface area (Å²) in [4.78, 5) is 4.31. The van der Waals surface area contributed by atoms with Crippen molar-refractivity contribution >= 4 is 11.3 Å². The molecule has 5 nitrogen and oxygen atoms in total. The van der Waals surface area contributed by atoms with Crippen LogP contribution in [0, 0.1) is 6.92 Å². The van der Waals surface area contributed by atoms with Crippen LogP contribution in [0.2, 0.25) is 0 Å². The second-order valence-electron chi connectivity index (χ2n) is 4.35. The molecule has 3 rings (SSSR count). The summed E-state index contributed by atoms with van der Waals surface area (Å²) in [7, 11) is 0. The van der Waals surface area contributed by atoms with E-state index in [1.807, 2.05) is 17.7 Å². The van der Waals surface area contributed by atoms with Crippen molar-refractivity contribution in [2.45, 2.75) is 18.9 Å². The molecule has 1 atom stereocenters. The fraction of sp³-hybridized carbons (Fsp3) is 0.455. The molecule has 0 saturated carbocycles. The number of aliphatic hydroxyl groups is 1. The quantitative estimate of drug-likeness (QED) is 0.841. The Balaban J connectivity index is 1.96. The average Bonchev–Trinajstić information content (AvgIpc) is 2.97. The molecule has 6 heteroatoms. The topological polar surface area (TPSA) is 71.2 Å². The van der Waals surface area contributed by atoms with E-state index in [9.17, 15) is 5.11 Å². The van der Waals surface area contributed by atoms with Gasteiger partial charge < -0.3 is 14.9 Å². The summed E-state index contributed by atoms with van der Waals surface area (Å²) in [6.07, 6.45) is 0.608. The smallest absolute Gasteiger partial charge is 0.260 e. The fourth-order valence-electron chi connectivity index (χ4n) is 1.97. The zero-order valence-electron chi connectivity index (χ0n) is 9.43. The third kappa shape index (κ3) is 1.78. The number of nitrogens with zero attached hydrogens (tertiary/aromatic N) is 2. The van der Waals surface area contributed by atoms with E-state index in [1.54, 1.807) is 11.3 Å². The van der Waals surface area contributed by atoms with Crippen molar-refractivity contribution in [2.24, 2.45) is 0 Å². The van der Waals surface area contributed by atoms with E-state index in [0.717, 1.165) is 17.7 Å². The van der Waals surface area contributed by atoms with Crippen LogP contribution in [0.15, 0.2) is 15.3 Å². The van der Waals surface area contributed by atoms with Gasteiger partial charge in [-0.15, -0.1) is 0 Å². The summed E-state index contributed by atoms with van der Waals surface area (Å²) >= 11 is 1.61. The standard InChI is InChI=1S/C11H13N3O2S/c1-7-4-17-5-8(7)9-13-10(16-14-9)11(15)2-3-12-6-11/h4-5,12,15H,2-3,6H2,1H3. The minimum Gasteiger partial charge on any atom is -0.379 e. The van der Waals surface area contributed by atoms with Gasteiger partial charge in [0.1, 0.15) is 0 Å². The van der Waals surface area contributed by atoms with Crippen molar-refractivity contribution in [2.75, 3.05) is 13.1 Å². The van der Waals surface area contributed by atoms with Crippen LogP contribution in [0.1, 0.15) is 17.9 Å². The number of aryl methyl sites for hydroxylation is 1. The van der Waals surface area contributed by atoms with Crippen molar-refractivity contribution in [3.63, 3.8) is 0 Å². The summed E-state index contributed by atoms with van der Waals surface area (Å²) in [5, 5.41) is 21.3. The molecule has 1 unspecified atom stereocenters. The molecule has 0 spiro atoms. The molecule has 1 fully saturated rings. The first-order chi connectivity index (χ1) is 8.19. The minimum atomic E-state index is -1.00. The number of β-amino-alcohol motifs (C(OH)–C–C–N with tert-alkyl or cyclic N) is 1. The Bertz CT molecular complexity index is 528. The van der Waals surface area contributed by atoms with Crippen LogP contribution in [-0.4, -0.2) is 28.3 Å². The highest BCUT2D eigenvalue weighted by molar-refractivity contribution is 7.08. The van der Waals surface area contributed by atoms with Gasteiger partial charge in [-0.1, -0.05) is 5.16 Å². The third-order valence-electron chi connectivity index (χ3n) is 3.05. The maximum absolute atomic E-state index is 10.3. The van der Waals surface area contributed by atoms with Crippen LogP contribution in [-0.2, 0) is 5.60 Å². The molecule has 1 saturated heterocycles. The highest BCUT2D eigenvalue weighted by atomic mass is 32.1. The van der Waals surface area contributed by atoms with E-state index in [2.05, 4.69) is 15.5 Å². The van der Waals surface area contributed by atoms with Gasteiger partial charge in [0.15, 0.2) is 5.60 Å². The zero-order chi connectivity index (χ0) is 11.9. The van der Waals surface area contributed by atoms with Gasteiger partial charge in [-0.2, -0.15) is 16.3 Å². The molecule has 0 amide bonds. The molecule has 0 aliphatic carbocycles. The second kappa shape index (κ2) is 3.90. The number of thiophene rings is 1. The average molecular weight is 251 g/mol. The lowest BCUT2D eigenvalue weighted by atomic mass is 10.0. The molecule has 90 valence electrons. The lowest BCUT2D eigenvalue weighted by Gasteiger charge is -2.14. The number of hydrogen-bond acceptors (Lipinski definition) is 6. The van der Waals surface area contributed by atoms with Crippen LogP contribution < -0.4 is 5.32 Å². The van der Waals surface area contributed by atoms with Gasteiger partial charge in [0, 0.05) is 17.5 Å². The Hall–Kier alpha value is -1.24. The Kier molecular flexibility index (Phi) is 2.50. The SMILES string of the molecule is Cc1cscc1-c1noc(C2(O)CCNC2)n1. The molecule has 0 radical (unpaired) electrons. The Labute approximate surface area is 102 Å². The van der Waals surface area contributed by atoms with Gasteiger partial charge in [-0.25, -0.2) is 0 Å². The van der Waals surface area contributed by atoms with Crippen LogP contribution in [0.25, 0.3) is 11.4 Å². The van der Waals surface area contributed by atoms with Gasteiger partial charge in [0.2, 0.25) is 5.82 Å². The Morgan fingerprint density at radius 3 is 3.06 bits per heavy atom. The Morgan fingerprint density at radius 2 is 2.41 bits per heavy atom. The van der Waals surface area contributed by atoms with Gasteiger partial charge >= 0.3 is 0 Å². The number of aromatic nitrogens is 2. The number of nitrogens with one attached hydrogen (secondary N) is 1. The van der Waals surface area contributed by atoms with Gasteiger partial charge in [0.25, 0.3) is 5.89 Å². The predicted molar refractivity (Wildman–Crippen MR) is 63.7 cm³/mol. The molecular formula is C11H13N3O2S. The van der Waals surface area contributed by atoms with Crippen LogP contribution in [0.4, 0.5) is 0 Å². The first-order valence-corrected chi connectivity index (χ1v) is 6.44. The summed E-state index contributed by atoms with van der Waals surface area (Å²) in [6.45, 7) is 3.25. The molecular weight excluding hydrogens is 238 g/mol. The highest BCUT2D eigenvalue weighted by Crippen LogP contribution is 2.30. The Morgan fingerprint density at radius 1 is 1.53 bits per heavy atom. The van der Waals surface area contributed by atoms with E-state index >= 15 is 0 Å². The first kappa shape index (κ1) is 10.9. The third-order valence-corrected chi connectivity index (χ3v) is 3.91. The summed E-state index contributed by atoms with van der Waals surface area (Å²) < 4.78 is 5.18. The summed E-state index contributed by atoms with van der Waals surface area (Å²) in [5.41, 5.74) is 1.09. The van der Waals surface area contributed by atoms with E-state index in [-0.39, 0.29) is 0 Å². The monoisotopic (exact) mass is 251 g/mol. The number of rotatable bonds is 2. The van der Waals surface area contributed by atoms with E-state index in [4.69, 9.17) is 4.52 Å². The van der Waals surface area contributed by atoms with Crippen molar-refractivity contribution in [3.8, 4) is 11.4 Å². The number of hydrogen-bond donors (Lipinski definition) is 2. The van der Waals surface area contributed by atoms with Gasteiger partial charge in [-0.05, 0) is 30.8 Å². The van der Waals surface area contributed by atoms with Crippen LogP contribution in [0.5, 0.6) is 0 Å². The highest BCUT2D eigenvalue weighted by Gasteiger charge is 2.38. The predicted octanol–water partition coefficient (Wildman–Crippen LogP) is 1.29. The zero-order valence-corrected chi connectivity index (χ0v) is 10.3. The molecule has 1 aliphatic rings. The van der Waals surface area contributed by atoms with Gasteiger partial charge in [0.05, 0.1) is 0 Å². The van der Waals surface area contributed by atoms with E-state index in [0.29, 0.717) is 24.7 Å². The summed E-state index contributed by atoms with van der Waals surface area (Å²) in [6, 6.07) is 0. The molecule has 2 N–H and O–H groups in total. The van der Waals surface area contributed by atoms with Crippen molar-refractivity contribution in [1.29, 1.82) is 0 Å². The summed E-state index contributed by atoms with van der Waals surface area (Å²) in [5.74, 6) is 0.863. The lowest BCUT2D eigenvalue weighted by molar-refractivity contribution is 0.0243. The van der Waals surface area contributed by atoms with E-state index in [1.165, 1.54) is 0 Å². The van der Waals surface area contributed by atoms with Crippen LogP contribution >= 0.6 is 11.3 Å². The maximum atomic E-state index is 10.3. The first-order valence-electron chi connectivity index (χ1n) is 5.49. The molecule has 2 aromatic rings. The van der Waals surface area contributed by atoms with Crippen LogP contribution in [0.3, 0.4) is 0 Å². The van der Waals surface area contributed by atoms with Crippen molar-refractivity contribution in [3.05, 3.63) is 22.2 Å². The van der Waals surface area contributed by atoms with Gasteiger partial charge in [-0.3, -0.25) is 0 Å². The maximum Gasteiger partial charge on any atom is 0.260 e.